The Morgan fingerprint density at radius 1 is 1.30 bits per heavy atom. The van der Waals surface area contributed by atoms with E-state index in [0.29, 0.717) is 25.6 Å². The van der Waals surface area contributed by atoms with Crippen molar-refractivity contribution in [1.82, 2.24) is 9.80 Å². The van der Waals surface area contributed by atoms with E-state index in [4.69, 9.17) is 9.15 Å². The van der Waals surface area contributed by atoms with E-state index < -0.39 is 5.82 Å². The molecule has 0 aliphatic carbocycles. The lowest BCUT2D eigenvalue weighted by atomic mass is 9.82. The Balaban J connectivity index is 1.24. The zero-order valence-electron chi connectivity index (χ0n) is 15.6. The number of furan rings is 1. The Morgan fingerprint density at radius 3 is 2.78 bits per heavy atom. The first kappa shape index (κ1) is 18.2. The monoisotopic (exact) mass is 372 g/mol. The van der Waals surface area contributed by atoms with Gasteiger partial charge in [-0.15, -0.1) is 0 Å². The third-order valence-corrected chi connectivity index (χ3v) is 5.56. The first-order chi connectivity index (χ1) is 13.0. The zero-order chi connectivity index (χ0) is 18.9. The van der Waals surface area contributed by atoms with Crippen molar-refractivity contribution < 1.29 is 18.3 Å². The number of rotatable bonds is 5. The number of likely N-dealkylation sites (tertiary alicyclic amines) is 1. The molecule has 1 amide bonds. The molecule has 2 aliphatic rings. The molecule has 0 bridgehead atoms. The molecule has 5 nitrogen and oxygen atoms in total. The molecule has 2 aliphatic heterocycles. The Bertz CT molecular complexity index is 776. The van der Waals surface area contributed by atoms with Crippen LogP contribution in [0.3, 0.4) is 0 Å². The van der Waals surface area contributed by atoms with E-state index >= 15 is 0 Å². The molecule has 0 radical (unpaired) electrons. The van der Waals surface area contributed by atoms with Gasteiger partial charge in [0.1, 0.15) is 17.2 Å². The summed E-state index contributed by atoms with van der Waals surface area (Å²) in [5.41, 5.74) is -0.0997. The fourth-order valence-corrected chi connectivity index (χ4v) is 4.08. The van der Waals surface area contributed by atoms with Crippen LogP contribution in [0.4, 0.5) is 4.39 Å². The molecule has 2 fully saturated rings. The zero-order valence-corrected chi connectivity index (χ0v) is 15.6. The third-order valence-electron chi connectivity index (χ3n) is 5.56. The molecular formula is C21H25FN2O3. The van der Waals surface area contributed by atoms with E-state index in [0.717, 1.165) is 31.7 Å². The molecule has 1 unspecified atom stereocenters. The summed E-state index contributed by atoms with van der Waals surface area (Å²) in [6.07, 6.45) is 3.71. The highest BCUT2D eigenvalue weighted by Crippen LogP contribution is 2.37. The summed E-state index contributed by atoms with van der Waals surface area (Å²) < 4.78 is 25.4. The Morgan fingerprint density at radius 2 is 2.11 bits per heavy atom. The number of hydrogen-bond donors (Lipinski definition) is 0. The Labute approximate surface area is 158 Å². The second kappa shape index (κ2) is 7.44. The van der Waals surface area contributed by atoms with Gasteiger partial charge in [0.15, 0.2) is 0 Å². The van der Waals surface area contributed by atoms with Gasteiger partial charge in [0.2, 0.25) is 0 Å². The number of nitrogens with zero attached hydrogens (tertiary/aromatic N) is 2. The Kier molecular flexibility index (Phi) is 5.02. The quantitative estimate of drug-likeness (QED) is 0.809. The molecule has 0 N–H and O–H groups in total. The lowest BCUT2D eigenvalue weighted by Crippen LogP contribution is -2.66. The highest BCUT2D eigenvalue weighted by molar-refractivity contribution is 5.95. The molecule has 27 heavy (non-hydrogen) atoms. The van der Waals surface area contributed by atoms with Crippen molar-refractivity contribution in [1.29, 1.82) is 0 Å². The number of halogens is 1. The van der Waals surface area contributed by atoms with Gasteiger partial charge in [0.05, 0.1) is 38.1 Å². The molecule has 144 valence electrons. The van der Waals surface area contributed by atoms with E-state index in [1.165, 1.54) is 12.1 Å². The fourth-order valence-electron chi connectivity index (χ4n) is 4.08. The largest absolute Gasteiger partial charge is 0.468 e. The summed E-state index contributed by atoms with van der Waals surface area (Å²) in [5, 5.41) is 0. The number of amides is 1. The number of hydrogen-bond acceptors (Lipinski definition) is 4. The smallest absolute Gasteiger partial charge is 0.257 e. The van der Waals surface area contributed by atoms with Crippen LogP contribution in [0.15, 0.2) is 47.1 Å². The van der Waals surface area contributed by atoms with Gasteiger partial charge in [0, 0.05) is 6.54 Å². The highest BCUT2D eigenvalue weighted by Gasteiger charge is 2.48. The average Bonchev–Trinajstić information content (AvgIpc) is 3.13. The molecule has 2 saturated heterocycles. The van der Waals surface area contributed by atoms with Crippen molar-refractivity contribution in [2.24, 2.45) is 5.92 Å². The van der Waals surface area contributed by atoms with E-state index in [9.17, 15) is 9.18 Å². The third kappa shape index (κ3) is 3.92. The fraction of sp³-hybridized carbons (Fsp3) is 0.476. The van der Waals surface area contributed by atoms with Crippen molar-refractivity contribution in [3.05, 3.63) is 59.8 Å². The molecular weight excluding hydrogens is 347 g/mol. The SMILES string of the molecule is CN(Cc1ccco1)CC1CCC2(CN(C(=O)c3ccccc3F)C2)OC1. The van der Waals surface area contributed by atoms with Crippen LogP contribution in [0.1, 0.15) is 29.0 Å². The summed E-state index contributed by atoms with van der Waals surface area (Å²) in [6, 6.07) is 10.0. The van der Waals surface area contributed by atoms with Gasteiger partial charge in [0.25, 0.3) is 5.91 Å². The molecule has 3 heterocycles. The highest BCUT2D eigenvalue weighted by atomic mass is 19.1. The van der Waals surface area contributed by atoms with Crippen molar-refractivity contribution in [2.75, 3.05) is 33.3 Å². The van der Waals surface area contributed by atoms with Crippen LogP contribution in [0, 0.1) is 11.7 Å². The Hall–Kier alpha value is -2.18. The van der Waals surface area contributed by atoms with Crippen molar-refractivity contribution in [3.63, 3.8) is 0 Å². The van der Waals surface area contributed by atoms with Gasteiger partial charge in [-0.2, -0.15) is 0 Å². The molecule has 1 aromatic heterocycles. The number of benzene rings is 1. The van der Waals surface area contributed by atoms with Gasteiger partial charge >= 0.3 is 0 Å². The van der Waals surface area contributed by atoms with Crippen LogP contribution in [0.2, 0.25) is 0 Å². The van der Waals surface area contributed by atoms with Crippen LogP contribution in [-0.4, -0.2) is 54.6 Å². The summed E-state index contributed by atoms with van der Waals surface area (Å²) in [7, 11) is 2.09. The maximum Gasteiger partial charge on any atom is 0.257 e. The van der Waals surface area contributed by atoms with Crippen LogP contribution in [-0.2, 0) is 11.3 Å². The van der Waals surface area contributed by atoms with E-state index in [2.05, 4.69) is 11.9 Å². The van der Waals surface area contributed by atoms with Crippen molar-refractivity contribution in [3.8, 4) is 0 Å². The normalized spacial score (nSPS) is 21.4. The van der Waals surface area contributed by atoms with Crippen LogP contribution in [0.25, 0.3) is 0 Å². The number of carbonyl (C=O) groups excluding carboxylic acids is 1. The average molecular weight is 372 g/mol. The maximum absolute atomic E-state index is 13.8. The molecule has 2 aromatic rings. The molecule has 1 spiro atoms. The minimum atomic E-state index is -0.465. The predicted octanol–water partition coefficient (Wildman–Crippen LogP) is 3.17. The topological polar surface area (TPSA) is 45.9 Å². The minimum absolute atomic E-state index is 0.139. The van der Waals surface area contributed by atoms with Gasteiger partial charge in [-0.3, -0.25) is 9.69 Å². The number of ether oxygens (including phenoxy) is 1. The second-order valence-electron chi connectivity index (χ2n) is 7.82. The van der Waals surface area contributed by atoms with Crippen LogP contribution < -0.4 is 0 Å². The summed E-state index contributed by atoms with van der Waals surface area (Å²) in [4.78, 5) is 16.4. The summed E-state index contributed by atoms with van der Waals surface area (Å²) >= 11 is 0. The van der Waals surface area contributed by atoms with Gasteiger partial charge in [-0.05, 0) is 50.1 Å². The lowest BCUT2D eigenvalue weighted by Gasteiger charge is -2.53. The predicted molar refractivity (Wildman–Crippen MR) is 98.8 cm³/mol. The molecule has 4 rings (SSSR count). The standard InChI is InChI=1S/C21H25FN2O3/c1-23(12-17-5-4-10-26-17)11-16-8-9-21(27-13-16)14-24(15-21)20(25)18-6-2-3-7-19(18)22/h2-7,10,16H,8-9,11-15H2,1H3. The minimum Gasteiger partial charge on any atom is -0.468 e. The van der Waals surface area contributed by atoms with Crippen LogP contribution in [0.5, 0.6) is 0 Å². The van der Waals surface area contributed by atoms with E-state index in [1.807, 2.05) is 12.1 Å². The molecule has 1 atom stereocenters. The van der Waals surface area contributed by atoms with Gasteiger partial charge in [-0.1, -0.05) is 12.1 Å². The van der Waals surface area contributed by atoms with Gasteiger partial charge < -0.3 is 14.1 Å². The first-order valence-electron chi connectivity index (χ1n) is 9.43. The first-order valence-corrected chi connectivity index (χ1v) is 9.43. The second-order valence-corrected chi connectivity index (χ2v) is 7.82. The molecule has 1 aromatic carbocycles. The van der Waals surface area contributed by atoms with E-state index in [1.54, 1.807) is 23.3 Å². The lowest BCUT2D eigenvalue weighted by molar-refractivity contribution is -0.168. The maximum atomic E-state index is 13.8. The van der Waals surface area contributed by atoms with Crippen molar-refractivity contribution in [2.45, 2.75) is 25.0 Å². The summed E-state index contributed by atoms with van der Waals surface area (Å²) in [6.45, 7) is 3.54. The molecule has 6 heteroatoms. The van der Waals surface area contributed by atoms with Crippen molar-refractivity contribution >= 4 is 5.91 Å². The van der Waals surface area contributed by atoms with Crippen LogP contribution >= 0.6 is 0 Å². The van der Waals surface area contributed by atoms with E-state index in [-0.39, 0.29) is 17.1 Å². The molecule has 0 saturated carbocycles. The van der Waals surface area contributed by atoms with Gasteiger partial charge in [-0.25, -0.2) is 4.39 Å². The summed E-state index contributed by atoms with van der Waals surface area (Å²) in [5.74, 6) is 0.731. The number of carbonyl (C=O) groups is 1.